The van der Waals surface area contributed by atoms with E-state index in [9.17, 15) is 9.59 Å². The molecule has 28 heavy (non-hydrogen) atoms. The van der Waals surface area contributed by atoms with Gasteiger partial charge in [0, 0.05) is 16.9 Å². The number of thiophene rings is 1. The Morgan fingerprint density at radius 2 is 2.00 bits per heavy atom. The highest BCUT2D eigenvalue weighted by molar-refractivity contribution is 7.14. The average molecular weight is 401 g/mol. The predicted octanol–water partition coefficient (Wildman–Crippen LogP) is 3.18. The molecule has 7 heteroatoms. The van der Waals surface area contributed by atoms with E-state index in [-0.39, 0.29) is 18.1 Å². The molecule has 2 N–H and O–H groups in total. The number of nitrogens with one attached hydrogen (secondary N) is 2. The number of benzene rings is 1. The first-order valence-electron chi connectivity index (χ1n) is 9.56. The molecule has 148 valence electrons. The van der Waals surface area contributed by atoms with Gasteiger partial charge in [-0.2, -0.15) is 0 Å². The SMILES string of the molecule is CC1(C)Cc2cccc(OCC(=O)NNC(=O)c3cc4c(s3)CCCC4)c2O1. The smallest absolute Gasteiger partial charge is 0.279 e. The first-order valence-corrected chi connectivity index (χ1v) is 10.4. The second-order valence-corrected chi connectivity index (χ2v) is 8.98. The number of amides is 2. The highest BCUT2D eigenvalue weighted by atomic mass is 32.1. The molecule has 1 aliphatic carbocycles. The van der Waals surface area contributed by atoms with Crippen LogP contribution >= 0.6 is 11.3 Å². The lowest BCUT2D eigenvalue weighted by Gasteiger charge is -2.18. The van der Waals surface area contributed by atoms with Crippen LogP contribution in [0.4, 0.5) is 0 Å². The van der Waals surface area contributed by atoms with Crippen LogP contribution in [-0.2, 0) is 24.1 Å². The van der Waals surface area contributed by atoms with E-state index < -0.39 is 5.91 Å². The molecule has 0 spiro atoms. The fraction of sp³-hybridized carbons (Fsp3) is 0.429. The van der Waals surface area contributed by atoms with E-state index in [0.29, 0.717) is 16.4 Å². The summed E-state index contributed by atoms with van der Waals surface area (Å²) in [6.07, 6.45) is 5.20. The third-order valence-corrected chi connectivity index (χ3v) is 6.19. The molecule has 0 atom stereocenters. The fourth-order valence-electron chi connectivity index (χ4n) is 3.67. The molecule has 2 heterocycles. The van der Waals surface area contributed by atoms with Crippen molar-refractivity contribution in [1.82, 2.24) is 10.9 Å². The lowest BCUT2D eigenvalue weighted by molar-refractivity contribution is -0.123. The Morgan fingerprint density at radius 1 is 1.18 bits per heavy atom. The van der Waals surface area contributed by atoms with E-state index in [1.165, 1.54) is 34.6 Å². The van der Waals surface area contributed by atoms with Gasteiger partial charge in [0.2, 0.25) is 0 Å². The summed E-state index contributed by atoms with van der Waals surface area (Å²) < 4.78 is 11.6. The normalized spacial score (nSPS) is 16.5. The summed E-state index contributed by atoms with van der Waals surface area (Å²) in [6.45, 7) is 3.82. The van der Waals surface area contributed by atoms with Gasteiger partial charge in [-0.3, -0.25) is 20.4 Å². The van der Waals surface area contributed by atoms with E-state index in [0.717, 1.165) is 24.8 Å². The summed E-state index contributed by atoms with van der Waals surface area (Å²) in [5.41, 5.74) is 6.94. The Morgan fingerprint density at radius 3 is 2.82 bits per heavy atom. The molecule has 4 rings (SSSR count). The summed E-state index contributed by atoms with van der Waals surface area (Å²) in [7, 11) is 0. The predicted molar refractivity (Wildman–Crippen MR) is 107 cm³/mol. The van der Waals surface area contributed by atoms with Crippen LogP contribution in [0.1, 0.15) is 52.4 Å². The maximum absolute atomic E-state index is 12.3. The lowest BCUT2D eigenvalue weighted by atomic mass is 9.99. The van der Waals surface area contributed by atoms with Gasteiger partial charge >= 0.3 is 0 Å². The molecule has 1 aliphatic heterocycles. The summed E-state index contributed by atoms with van der Waals surface area (Å²) in [4.78, 5) is 26.3. The average Bonchev–Trinajstić information content (AvgIpc) is 3.23. The van der Waals surface area contributed by atoms with Crippen molar-refractivity contribution in [3.05, 3.63) is 45.1 Å². The zero-order valence-corrected chi connectivity index (χ0v) is 16.9. The second-order valence-electron chi connectivity index (χ2n) is 7.84. The summed E-state index contributed by atoms with van der Waals surface area (Å²) in [5.74, 6) is 0.506. The van der Waals surface area contributed by atoms with Gasteiger partial charge < -0.3 is 9.47 Å². The molecule has 6 nitrogen and oxygen atoms in total. The van der Waals surface area contributed by atoms with E-state index in [1.54, 1.807) is 6.07 Å². The molecule has 0 radical (unpaired) electrons. The van der Waals surface area contributed by atoms with Crippen molar-refractivity contribution in [1.29, 1.82) is 0 Å². The number of ether oxygens (including phenoxy) is 2. The van der Waals surface area contributed by atoms with Crippen LogP contribution in [0.5, 0.6) is 11.5 Å². The molecule has 2 aliphatic rings. The highest BCUT2D eigenvalue weighted by Crippen LogP contribution is 2.41. The van der Waals surface area contributed by atoms with Crippen LogP contribution in [0, 0.1) is 0 Å². The first-order chi connectivity index (χ1) is 13.4. The second kappa shape index (κ2) is 7.47. The molecule has 0 saturated heterocycles. The number of para-hydroxylation sites is 1. The maximum atomic E-state index is 12.3. The van der Waals surface area contributed by atoms with Crippen LogP contribution < -0.4 is 20.3 Å². The minimum Gasteiger partial charge on any atom is -0.483 e. The van der Waals surface area contributed by atoms with Crippen LogP contribution in [-0.4, -0.2) is 24.0 Å². The molecule has 0 fully saturated rings. The van der Waals surface area contributed by atoms with E-state index in [4.69, 9.17) is 9.47 Å². The number of hydrogen-bond donors (Lipinski definition) is 2. The number of carbonyl (C=O) groups is 2. The van der Waals surface area contributed by atoms with Crippen LogP contribution in [0.15, 0.2) is 24.3 Å². The highest BCUT2D eigenvalue weighted by Gasteiger charge is 2.32. The molecule has 1 aromatic carbocycles. The summed E-state index contributed by atoms with van der Waals surface area (Å²) in [5, 5.41) is 0. The van der Waals surface area contributed by atoms with Crippen molar-refractivity contribution >= 4 is 23.2 Å². The number of carbonyl (C=O) groups excluding carboxylic acids is 2. The van der Waals surface area contributed by atoms with Gasteiger partial charge in [-0.25, -0.2) is 0 Å². The molecule has 0 bridgehead atoms. The fourth-order valence-corrected chi connectivity index (χ4v) is 4.82. The molecule has 2 aromatic rings. The quantitative estimate of drug-likeness (QED) is 0.773. The number of hydrazine groups is 1. The van der Waals surface area contributed by atoms with Gasteiger partial charge in [0.25, 0.3) is 11.8 Å². The Kier molecular flexibility index (Phi) is 5.02. The summed E-state index contributed by atoms with van der Waals surface area (Å²) >= 11 is 1.51. The molecular weight excluding hydrogens is 376 g/mol. The van der Waals surface area contributed by atoms with Crippen molar-refractivity contribution in [2.75, 3.05) is 6.61 Å². The van der Waals surface area contributed by atoms with Crippen LogP contribution in [0.3, 0.4) is 0 Å². The van der Waals surface area contributed by atoms with Crippen LogP contribution in [0.25, 0.3) is 0 Å². The largest absolute Gasteiger partial charge is 0.483 e. The van der Waals surface area contributed by atoms with Gasteiger partial charge in [-0.1, -0.05) is 12.1 Å². The van der Waals surface area contributed by atoms with Crippen molar-refractivity contribution < 1.29 is 19.1 Å². The minimum absolute atomic E-state index is 0.207. The maximum Gasteiger partial charge on any atom is 0.279 e. The minimum atomic E-state index is -0.426. The Balaban J connectivity index is 1.29. The number of rotatable bonds is 4. The topological polar surface area (TPSA) is 76.7 Å². The molecule has 2 amide bonds. The number of hydrogen-bond acceptors (Lipinski definition) is 5. The van der Waals surface area contributed by atoms with Crippen molar-refractivity contribution in [2.24, 2.45) is 0 Å². The standard InChI is InChI=1S/C21H24N2O4S/c1-21(2)11-14-7-5-8-15(19(14)27-21)26-12-18(24)22-23-20(25)17-10-13-6-3-4-9-16(13)28-17/h5,7-8,10H,3-4,6,9,11-12H2,1-2H3,(H,22,24)(H,23,25). The van der Waals surface area contributed by atoms with E-state index in [2.05, 4.69) is 10.9 Å². The zero-order valence-electron chi connectivity index (χ0n) is 16.1. The molecule has 0 unspecified atom stereocenters. The first kappa shape index (κ1) is 18.8. The van der Waals surface area contributed by atoms with Crippen molar-refractivity contribution in [2.45, 2.75) is 51.6 Å². The van der Waals surface area contributed by atoms with Gasteiger partial charge in [0.15, 0.2) is 18.1 Å². The lowest BCUT2D eigenvalue weighted by Crippen LogP contribution is -2.43. The van der Waals surface area contributed by atoms with Gasteiger partial charge in [-0.15, -0.1) is 11.3 Å². The Labute approximate surface area is 168 Å². The van der Waals surface area contributed by atoms with Crippen molar-refractivity contribution in [3.63, 3.8) is 0 Å². The Hall–Kier alpha value is -2.54. The third kappa shape index (κ3) is 3.99. The molecule has 0 saturated carbocycles. The number of aryl methyl sites for hydroxylation is 2. The van der Waals surface area contributed by atoms with Gasteiger partial charge in [0.05, 0.1) is 4.88 Å². The number of fused-ring (bicyclic) bond motifs is 2. The van der Waals surface area contributed by atoms with Gasteiger partial charge in [-0.05, 0) is 57.2 Å². The van der Waals surface area contributed by atoms with E-state index >= 15 is 0 Å². The molecular formula is C21H24N2O4S. The van der Waals surface area contributed by atoms with Crippen LogP contribution in [0.2, 0.25) is 0 Å². The van der Waals surface area contributed by atoms with E-state index in [1.807, 2.05) is 32.0 Å². The third-order valence-electron chi connectivity index (χ3n) is 4.95. The monoisotopic (exact) mass is 400 g/mol. The van der Waals surface area contributed by atoms with Crippen molar-refractivity contribution in [3.8, 4) is 11.5 Å². The van der Waals surface area contributed by atoms with Gasteiger partial charge in [0.1, 0.15) is 5.60 Å². The zero-order chi connectivity index (χ0) is 19.7. The summed E-state index contributed by atoms with van der Waals surface area (Å²) in [6, 6.07) is 7.60. The Bertz CT molecular complexity index is 896. The molecule has 1 aromatic heterocycles.